The maximum Gasteiger partial charge on any atom is 0.267 e. The average molecular weight is 344 g/mol. The number of rotatable bonds is 4. The molecule has 116 valence electrons. The number of aliphatic carboxylic acids is 1. The summed E-state index contributed by atoms with van der Waals surface area (Å²) in [7, 11) is 0. The zero-order chi connectivity index (χ0) is 16.4. The summed E-state index contributed by atoms with van der Waals surface area (Å²) in [6.45, 7) is 0. The van der Waals surface area contributed by atoms with E-state index in [4.69, 9.17) is 16.6 Å². The first-order valence-corrected chi connectivity index (χ1v) is 7.87. The van der Waals surface area contributed by atoms with Gasteiger partial charge in [-0.25, -0.2) is 0 Å². The van der Waals surface area contributed by atoms with Gasteiger partial charge in [-0.15, -0.1) is 0 Å². The predicted octanol–water partition coefficient (Wildman–Crippen LogP) is 1.97. The van der Waals surface area contributed by atoms with Gasteiger partial charge in [0.25, 0.3) is 5.91 Å². The molecular weight excluding hydrogens is 334 g/mol. The molecule has 1 saturated heterocycles. The molecule has 0 spiro atoms. The highest BCUT2D eigenvalue weighted by Crippen LogP contribution is 2.38. The molecule has 1 aromatic heterocycles. The Bertz CT molecular complexity index is 784. The number of carbonyl (C=O) groups is 2. The van der Waals surface area contributed by atoms with Crippen molar-refractivity contribution in [3.05, 3.63) is 65.0 Å². The molecule has 1 aliphatic heterocycles. The number of thiocarbonyl (C=S) groups is 1. The van der Waals surface area contributed by atoms with Crippen molar-refractivity contribution in [2.24, 2.45) is 0 Å². The number of nitrogens with zero attached hydrogens (tertiary/aromatic N) is 1. The number of amides is 1. The van der Waals surface area contributed by atoms with Crippen molar-refractivity contribution in [1.82, 2.24) is 4.90 Å². The topological polar surface area (TPSA) is 73.6 Å². The third kappa shape index (κ3) is 3.06. The van der Waals surface area contributed by atoms with Crippen LogP contribution in [0.1, 0.15) is 17.4 Å². The maximum atomic E-state index is 12.6. The lowest BCUT2D eigenvalue weighted by atomic mass is 10.1. The van der Waals surface area contributed by atoms with Crippen LogP contribution in [0.5, 0.6) is 0 Å². The molecule has 1 atom stereocenters. The van der Waals surface area contributed by atoms with E-state index in [-0.39, 0.29) is 4.32 Å². The molecule has 3 rings (SSSR count). The van der Waals surface area contributed by atoms with E-state index in [0.717, 1.165) is 16.7 Å². The highest BCUT2D eigenvalue weighted by atomic mass is 32.2. The third-order valence-electron chi connectivity index (χ3n) is 3.24. The molecule has 2 aromatic rings. The van der Waals surface area contributed by atoms with Gasteiger partial charge in [-0.2, -0.15) is 0 Å². The molecule has 0 radical (unpaired) electrons. The number of thioether (sulfide) groups is 1. The molecule has 23 heavy (non-hydrogen) atoms. The van der Waals surface area contributed by atoms with Gasteiger partial charge in [0.1, 0.15) is 16.1 Å². The highest BCUT2D eigenvalue weighted by Gasteiger charge is 2.38. The van der Waals surface area contributed by atoms with Crippen molar-refractivity contribution in [3.63, 3.8) is 0 Å². The van der Waals surface area contributed by atoms with Gasteiger partial charge < -0.3 is 14.3 Å². The van der Waals surface area contributed by atoms with Crippen LogP contribution in [0, 0.1) is 0 Å². The largest absolute Gasteiger partial charge is 0.547 e. The fraction of sp³-hybridized carbons (Fsp3) is 0.0625. The monoisotopic (exact) mass is 344 g/mol. The Morgan fingerprint density at radius 2 is 2.00 bits per heavy atom. The summed E-state index contributed by atoms with van der Waals surface area (Å²) in [4.78, 5) is 25.5. The minimum absolute atomic E-state index is 0.172. The first-order valence-electron chi connectivity index (χ1n) is 6.64. The number of carboxylic acids is 1. The van der Waals surface area contributed by atoms with E-state index in [9.17, 15) is 14.7 Å². The molecule has 0 unspecified atom stereocenters. The van der Waals surface area contributed by atoms with Crippen molar-refractivity contribution in [2.45, 2.75) is 6.04 Å². The molecule has 1 fully saturated rings. The molecule has 0 bridgehead atoms. The van der Waals surface area contributed by atoms with E-state index in [1.165, 1.54) is 12.3 Å². The minimum Gasteiger partial charge on any atom is -0.547 e. The van der Waals surface area contributed by atoms with E-state index in [2.05, 4.69) is 0 Å². The van der Waals surface area contributed by atoms with Gasteiger partial charge in [-0.05, 0) is 17.7 Å². The molecule has 1 aliphatic rings. The smallest absolute Gasteiger partial charge is 0.267 e. The second kappa shape index (κ2) is 6.39. The van der Waals surface area contributed by atoms with Gasteiger partial charge in [-0.3, -0.25) is 9.69 Å². The minimum atomic E-state index is -1.38. The van der Waals surface area contributed by atoms with E-state index in [0.29, 0.717) is 16.2 Å². The quantitative estimate of drug-likeness (QED) is 0.624. The van der Waals surface area contributed by atoms with Crippen LogP contribution in [0.2, 0.25) is 0 Å². The van der Waals surface area contributed by atoms with Crippen molar-refractivity contribution < 1.29 is 19.1 Å². The number of benzene rings is 1. The lowest BCUT2D eigenvalue weighted by Gasteiger charge is -2.27. The van der Waals surface area contributed by atoms with E-state index >= 15 is 0 Å². The number of carbonyl (C=O) groups excluding carboxylic acids is 2. The molecule has 0 aliphatic carbocycles. The van der Waals surface area contributed by atoms with Crippen LogP contribution in [-0.2, 0) is 9.59 Å². The van der Waals surface area contributed by atoms with Gasteiger partial charge in [0.05, 0.1) is 17.1 Å². The summed E-state index contributed by atoms with van der Waals surface area (Å²) >= 11 is 6.23. The average Bonchev–Trinajstić information content (AvgIpc) is 3.12. The summed E-state index contributed by atoms with van der Waals surface area (Å²) in [5, 5.41) is 11.6. The molecule has 1 aromatic carbocycles. The van der Waals surface area contributed by atoms with Gasteiger partial charge in [0.2, 0.25) is 0 Å². The van der Waals surface area contributed by atoms with Crippen molar-refractivity contribution in [1.29, 1.82) is 0 Å². The fourth-order valence-electron chi connectivity index (χ4n) is 2.23. The van der Waals surface area contributed by atoms with Gasteiger partial charge in [0, 0.05) is 6.08 Å². The van der Waals surface area contributed by atoms with E-state index in [1.807, 2.05) is 0 Å². The second-order valence-electron chi connectivity index (χ2n) is 4.70. The Balaban J connectivity index is 1.97. The normalized spacial score (nSPS) is 17.7. The molecule has 1 amide bonds. The summed E-state index contributed by atoms with van der Waals surface area (Å²) in [5.74, 6) is -1.36. The van der Waals surface area contributed by atoms with Crippen LogP contribution < -0.4 is 5.11 Å². The lowest BCUT2D eigenvalue weighted by Crippen LogP contribution is -2.43. The molecular formula is C16H10NO4S2-. The number of hydrogen-bond acceptors (Lipinski definition) is 6. The van der Waals surface area contributed by atoms with Crippen LogP contribution in [0.3, 0.4) is 0 Å². The molecule has 5 nitrogen and oxygen atoms in total. The first kappa shape index (κ1) is 15.5. The van der Waals surface area contributed by atoms with Crippen LogP contribution in [-0.4, -0.2) is 21.1 Å². The van der Waals surface area contributed by atoms with E-state index in [1.54, 1.807) is 42.5 Å². The van der Waals surface area contributed by atoms with Crippen LogP contribution in [0.15, 0.2) is 58.1 Å². The van der Waals surface area contributed by atoms with Crippen molar-refractivity contribution in [2.75, 3.05) is 0 Å². The Morgan fingerprint density at radius 3 is 2.61 bits per heavy atom. The lowest BCUT2D eigenvalue weighted by molar-refractivity contribution is -0.310. The Morgan fingerprint density at radius 1 is 1.26 bits per heavy atom. The number of hydrogen-bond donors (Lipinski definition) is 0. The van der Waals surface area contributed by atoms with Gasteiger partial charge >= 0.3 is 0 Å². The molecule has 0 N–H and O–H groups in total. The zero-order valence-corrected chi connectivity index (χ0v) is 13.3. The fourth-order valence-corrected chi connectivity index (χ4v) is 3.52. The van der Waals surface area contributed by atoms with E-state index < -0.39 is 17.9 Å². The molecule has 2 heterocycles. The van der Waals surface area contributed by atoms with Gasteiger partial charge in [0.15, 0.2) is 0 Å². The summed E-state index contributed by atoms with van der Waals surface area (Å²) in [6.07, 6.45) is 3.02. The predicted molar refractivity (Wildman–Crippen MR) is 87.9 cm³/mol. The van der Waals surface area contributed by atoms with Gasteiger partial charge in [-0.1, -0.05) is 54.3 Å². The SMILES string of the molecule is O=C([O-])[C@@H](c1ccccc1)N1C(=O)C(=Cc2ccco2)SC1=S. The Labute approximate surface area is 141 Å². The Hall–Kier alpha value is -2.38. The highest BCUT2D eigenvalue weighted by molar-refractivity contribution is 8.26. The Kier molecular flexibility index (Phi) is 4.31. The van der Waals surface area contributed by atoms with Crippen LogP contribution in [0.4, 0.5) is 0 Å². The third-order valence-corrected chi connectivity index (χ3v) is 4.57. The first-order chi connectivity index (χ1) is 11.1. The van der Waals surface area contributed by atoms with Crippen LogP contribution in [0.25, 0.3) is 6.08 Å². The molecule has 0 saturated carbocycles. The second-order valence-corrected chi connectivity index (χ2v) is 6.38. The molecule has 7 heteroatoms. The van der Waals surface area contributed by atoms with Crippen molar-refractivity contribution in [3.8, 4) is 0 Å². The summed E-state index contributed by atoms with van der Waals surface area (Å²) < 4.78 is 5.35. The zero-order valence-electron chi connectivity index (χ0n) is 11.7. The summed E-state index contributed by atoms with van der Waals surface area (Å²) in [5.41, 5.74) is 0.433. The maximum absolute atomic E-state index is 12.6. The number of furan rings is 1. The van der Waals surface area contributed by atoms with Crippen molar-refractivity contribution >= 4 is 46.3 Å². The standard InChI is InChI=1S/C16H11NO4S2/c18-14-12(9-11-7-4-8-21-11)23-16(22)17(14)13(15(19)20)10-5-2-1-3-6-10/h1-9,13H,(H,19,20)/p-1/t13-/m1/s1. The summed E-state index contributed by atoms with van der Waals surface area (Å²) in [6, 6.07) is 10.5. The van der Waals surface area contributed by atoms with Crippen LogP contribution >= 0.6 is 24.0 Å². The number of carboxylic acid groups (broad SMARTS) is 1.